The van der Waals surface area contributed by atoms with Crippen molar-refractivity contribution in [2.24, 2.45) is 0 Å². The third kappa shape index (κ3) is 4.04. The zero-order valence-electron chi connectivity index (χ0n) is 9.55. The summed E-state index contributed by atoms with van der Waals surface area (Å²) in [6, 6.07) is 1.98. The van der Waals surface area contributed by atoms with Crippen molar-refractivity contribution in [1.29, 1.82) is 0 Å². The van der Waals surface area contributed by atoms with Crippen LogP contribution in [0, 0.1) is 0 Å². The molecule has 0 aliphatic heterocycles. The Morgan fingerprint density at radius 3 is 2.73 bits per heavy atom. The van der Waals surface area contributed by atoms with E-state index in [1.54, 1.807) is 6.33 Å². The van der Waals surface area contributed by atoms with Crippen molar-refractivity contribution in [2.45, 2.75) is 39.2 Å². The number of nitrogens with one attached hydrogen (secondary N) is 1. The van der Waals surface area contributed by atoms with Crippen molar-refractivity contribution in [2.75, 3.05) is 11.2 Å². The minimum Gasteiger partial charge on any atom is -0.365 e. The van der Waals surface area contributed by atoms with Gasteiger partial charge in [-0.25, -0.2) is 9.97 Å². The van der Waals surface area contributed by atoms with Gasteiger partial charge in [0.1, 0.15) is 12.1 Å². The standard InChI is InChI=1S/C11H18ClN3/c1-4-9-7-10(14-8-13-9)15-11(2,3)5-6-12/h7-8H,4-6H2,1-3H3,(H,13,14,15). The summed E-state index contributed by atoms with van der Waals surface area (Å²) in [5, 5.41) is 3.36. The van der Waals surface area contributed by atoms with E-state index in [2.05, 4.69) is 36.1 Å². The van der Waals surface area contributed by atoms with Crippen molar-refractivity contribution in [3.8, 4) is 0 Å². The number of hydrogen-bond acceptors (Lipinski definition) is 3. The molecule has 0 atom stereocenters. The van der Waals surface area contributed by atoms with Crippen LogP contribution in [0.3, 0.4) is 0 Å². The van der Waals surface area contributed by atoms with Crippen molar-refractivity contribution in [3.63, 3.8) is 0 Å². The Kier molecular flexibility index (Phi) is 4.33. The lowest BCUT2D eigenvalue weighted by molar-refractivity contribution is 0.547. The molecule has 0 unspecified atom stereocenters. The Morgan fingerprint density at radius 1 is 1.40 bits per heavy atom. The summed E-state index contributed by atoms with van der Waals surface area (Å²) in [5.74, 6) is 1.52. The molecule has 1 aromatic rings. The number of alkyl halides is 1. The van der Waals surface area contributed by atoms with Crippen molar-refractivity contribution in [3.05, 3.63) is 18.1 Å². The zero-order valence-corrected chi connectivity index (χ0v) is 10.3. The number of hydrogen-bond donors (Lipinski definition) is 1. The molecule has 0 bridgehead atoms. The van der Waals surface area contributed by atoms with E-state index >= 15 is 0 Å². The SMILES string of the molecule is CCc1cc(NC(C)(C)CCCl)ncn1. The fraction of sp³-hybridized carbons (Fsp3) is 0.636. The topological polar surface area (TPSA) is 37.8 Å². The lowest BCUT2D eigenvalue weighted by Gasteiger charge is -2.25. The van der Waals surface area contributed by atoms with Crippen molar-refractivity contribution >= 4 is 17.4 Å². The highest BCUT2D eigenvalue weighted by molar-refractivity contribution is 6.17. The molecule has 1 aromatic heterocycles. The maximum atomic E-state index is 5.74. The molecule has 4 heteroatoms. The summed E-state index contributed by atoms with van der Waals surface area (Å²) in [5.41, 5.74) is 1.02. The van der Waals surface area contributed by atoms with Gasteiger partial charge in [0, 0.05) is 23.2 Å². The van der Waals surface area contributed by atoms with Gasteiger partial charge in [-0.05, 0) is 26.7 Å². The molecule has 0 fully saturated rings. The third-order valence-corrected chi connectivity index (χ3v) is 2.46. The molecule has 84 valence electrons. The van der Waals surface area contributed by atoms with E-state index in [0.29, 0.717) is 5.88 Å². The first-order chi connectivity index (χ1) is 7.07. The summed E-state index contributed by atoms with van der Waals surface area (Å²) in [6.45, 7) is 6.31. The summed E-state index contributed by atoms with van der Waals surface area (Å²) in [6.07, 6.45) is 3.42. The van der Waals surface area contributed by atoms with Crippen LogP contribution in [-0.4, -0.2) is 21.4 Å². The van der Waals surface area contributed by atoms with Crippen molar-refractivity contribution < 1.29 is 0 Å². The maximum Gasteiger partial charge on any atom is 0.130 e. The van der Waals surface area contributed by atoms with E-state index in [9.17, 15) is 0 Å². The molecule has 0 saturated carbocycles. The Bertz CT molecular complexity index is 312. The van der Waals surface area contributed by atoms with Gasteiger partial charge in [0.15, 0.2) is 0 Å². The van der Waals surface area contributed by atoms with Gasteiger partial charge in [-0.1, -0.05) is 6.92 Å². The molecule has 1 N–H and O–H groups in total. The van der Waals surface area contributed by atoms with E-state index in [1.165, 1.54) is 0 Å². The van der Waals surface area contributed by atoms with E-state index < -0.39 is 0 Å². The van der Waals surface area contributed by atoms with Gasteiger partial charge in [0.25, 0.3) is 0 Å². The van der Waals surface area contributed by atoms with Crippen LogP contribution in [0.4, 0.5) is 5.82 Å². The molecule has 0 aromatic carbocycles. The first-order valence-corrected chi connectivity index (χ1v) is 5.76. The summed E-state index contributed by atoms with van der Waals surface area (Å²) in [7, 11) is 0. The van der Waals surface area contributed by atoms with Crippen LogP contribution in [0.15, 0.2) is 12.4 Å². The second-order valence-electron chi connectivity index (χ2n) is 4.20. The summed E-state index contributed by atoms with van der Waals surface area (Å²) < 4.78 is 0. The van der Waals surface area contributed by atoms with E-state index in [-0.39, 0.29) is 5.54 Å². The quantitative estimate of drug-likeness (QED) is 0.787. The summed E-state index contributed by atoms with van der Waals surface area (Å²) in [4.78, 5) is 8.35. The largest absolute Gasteiger partial charge is 0.365 e. The molecule has 0 aliphatic rings. The predicted octanol–water partition coefficient (Wildman–Crippen LogP) is 2.86. The molecular weight excluding hydrogens is 210 g/mol. The van der Waals surface area contributed by atoms with Gasteiger partial charge in [0.05, 0.1) is 0 Å². The van der Waals surface area contributed by atoms with Crippen LogP contribution < -0.4 is 5.32 Å². The number of aromatic nitrogens is 2. The maximum absolute atomic E-state index is 5.74. The lowest BCUT2D eigenvalue weighted by Crippen LogP contribution is -2.31. The van der Waals surface area contributed by atoms with Crippen LogP contribution in [0.5, 0.6) is 0 Å². The second-order valence-corrected chi connectivity index (χ2v) is 4.57. The molecule has 15 heavy (non-hydrogen) atoms. The normalized spacial score (nSPS) is 11.5. The minimum atomic E-state index is -0.0267. The Morgan fingerprint density at radius 2 is 2.13 bits per heavy atom. The van der Waals surface area contributed by atoms with Gasteiger partial charge < -0.3 is 5.32 Å². The van der Waals surface area contributed by atoms with Gasteiger partial charge in [-0.3, -0.25) is 0 Å². The molecular formula is C11H18ClN3. The minimum absolute atomic E-state index is 0.0267. The third-order valence-electron chi connectivity index (χ3n) is 2.27. The zero-order chi connectivity index (χ0) is 11.3. The van der Waals surface area contributed by atoms with E-state index in [4.69, 9.17) is 11.6 Å². The summed E-state index contributed by atoms with van der Waals surface area (Å²) >= 11 is 5.74. The highest BCUT2D eigenvalue weighted by Crippen LogP contribution is 2.17. The van der Waals surface area contributed by atoms with Gasteiger partial charge in [-0.15, -0.1) is 11.6 Å². The lowest BCUT2D eigenvalue weighted by atomic mass is 10.0. The molecule has 0 spiro atoms. The monoisotopic (exact) mass is 227 g/mol. The number of anilines is 1. The molecule has 1 heterocycles. The van der Waals surface area contributed by atoms with Gasteiger partial charge in [0.2, 0.25) is 0 Å². The number of aryl methyl sites for hydroxylation is 1. The average molecular weight is 228 g/mol. The fourth-order valence-electron chi connectivity index (χ4n) is 1.30. The van der Waals surface area contributed by atoms with E-state index in [1.807, 2.05) is 6.07 Å². The predicted molar refractivity (Wildman–Crippen MR) is 64.4 cm³/mol. The molecule has 1 rings (SSSR count). The molecule has 0 aliphatic carbocycles. The first kappa shape index (κ1) is 12.2. The number of nitrogens with zero attached hydrogens (tertiary/aromatic N) is 2. The van der Waals surface area contributed by atoms with Gasteiger partial charge in [-0.2, -0.15) is 0 Å². The highest BCUT2D eigenvalue weighted by Gasteiger charge is 2.16. The Labute approximate surface area is 96.3 Å². The van der Waals surface area contributed by atoms with Crippen molar-refractivity contribution in [1.82, 2.24) is 9.97 Å². The number of rotatable bonds is 5. The molecule has 0 radical (unpaired) electrons. The molecule has 0 saturated heterocycles. The van der Waals surface area contributed by atoms with Crippen LogP contribution in [0.25, 0.3) is 0 Å². The van der Waals surface area contributed by atoms with Crippen LogP contribution in [0.1, 0.15) is 32.9 Å². The van der Waals surface area contributed by atoms with Gasteiger partial charge >= 0.3 is 0 Å². The van der Waals surface area contributed by atoms with E-state index in [0.717, 1.165) is 24.4 Å². The Balaban J connectivity index is 2.71. The fourth-order valence-corrected chi connectivity index (χ4v) is 1.78. The smallest absolute Gasteiger partial charge is 0.130 e. The number of halogens is 1. The van der Waals surface area contributed by atoms with Crippen LogP contribution >= 0.6 is 11.6 Å². The Hall–Kier alpha value is -0.830. The van der Waals surface area contributed by atoms with Crippen LogP contribution in [0.2, 0.25) is 0 Å². The molecule has 0 amide bonds. The first-order valence-electron chi connectivity index (χ1n) is 5.22. The highest BCUT2D eigenvalue weighted by atomic mass is 35.5. The average Bonchev–Trinajstić information content (AvgIpc) is 2.17. The second kappa shape index (κ2) is 5.31. The molecule has 3 nitrogen and oxygen atoms in total. The van der Waals surface area contributed by atoms with Crippen LogP contribution in [-0.2, 0) is 6.42 Å².